The van der Waals surface area contributed by atoms with Crippen molar-refractivity contribution in [2.75, 3.05) is 18.4 Å². The van der Waals surface area contributed by atoms with Gasteiger partial charge in [0.15, 0.2) is 0 Å². The molecule has 1 aromatic rings. The summed E-state index contributed by atoms with van der Waals surface area (Å²) < 4.78 is 26.4. The minimum absolute atomic E-state index is 0.184. The third-order valence-corrected chi connectivity index (χ3v) is 5.30. The van der Waals surface area contributed by atoms with Crippen LogP contribution >= 0.6 is 27.5 Å². The highest BCUT2D eigenvalue weighted by atomic mass is 79.9. The molecular weight excluding hydrogens is 338 g/mol. The maximum atomic E-state index is 12.5. The van der Waals surface area contributed by atoms with Crippen molar-refractivity contribution in [1.82, 2.24) is 4.31 Å². The fourth-order valence-electron chi connectivity index (χ4n) is 1.57. The van der Waals surface area contributed by atoms with Gasteiger partial charge in [0, 0.05) is 18.4 Å². The summed E-state index contributed by atoms with van der Waals surface area (Å²) >= 11 is 9.26. The number of halogens is 2. The van der Waals surface area contributed by atoms with Crippen LogP contribution in [0.4, 0.5) is 0 Å². The Labute approximate surface area is 122 Å². The van der Waals surface area contributed by atoms with Crippen molar-refractivity contribution in [3.63, 3.8) is 0 Å². The monoisotopic (exact) mass is 353 g/mol. The third-order valence-electron chi connectivity index (χ3n) is 2.55. The Bertz CT molecular complexity index is 479. The second kappa shape index (κ2) is 7.48. The van der Waals surface area contributed by atoms with Crippen LogP contribution in [0.15, 0.2) is 29.2 Å². The largest absolute Gasteiger partial charge is 0.244 e. The van der Waals surface area contributed by atoms with Gasteiger partial charge in [-0.15, -0.1) is 0 Å². The number of nitrogens with zero attached hydrogens (tertiary/aromatic N) is 1. The molecule has 0 spiro atoms. The van der Waals surface area contributed by atoms with Gasteiger partial charge < -0.3 is 0 Å². The molecule has 1 rings (SSSR count). The second-order valence-corrected chi connectivity index (χ2v) is 6.98. The Hall–Kier alpha value is -0.100. The molecule has 0 saturated heterocycles. The quantitative estimate of drug-likeness (QED) is 0.703. The second-order valence-electron chi connectivity index (χ2n) is 3.88. The van der Waals surface area contributed by atoms with Crippen LogP contribution < -0.4 is 0 Å². The topological polar surface area (TPSA) is 37.4 Å². The third kappa shape index (κ3) is 3.95. The van der Waals surface area contributed by atoms with E-state index in [4.69, 9.17) is 11.6 Å². The number of alkyl halides is 1. The Morgan fingerprint density at radius 1 is 1.28 bits per heavy atom. The molecule has 0 N–H and O–H groups in total. The number of benzene rings is 1. The van der Waals surface area contributed by atoms with Crippen LogP contribution in [0, 0.1) is 0 Å². The van der Waals surface area contributed by atoms with E-state index < -0.39 is 10.0 Å². The highest BCUT2D eigenvalue weighted by molar-refractivity contribution is 9.09. The summed E-state index contributed by atoms with van der Waals surface area (Å²) in [4.78, 5) is 0.184. The lowest BCUT2D eigenvalue weighted by atomic mass is 10.3. The minimum atomic E-state index is -3.49. The molecule has 6 heteroatoms. The van der Waals surface area contributed by atoms with Crippen molar-refractivity contribution < 1.29 is 8.42 Å². The first kappa shape index (κ1) is 16.0. The first-order chi connectivity index (χ1) is 8.54. The molecule has 0 aliphatic rings. The van der Waals surface area contributed by atoms with Crippen molar-refractivity contribution in [3.8, 4) is 0 Å². The van der Waals surface area contributed by atoms with Crippen LogP contribution in [-0.2, 0) is 10.0 Å². The van der Waals surface area contributed by atoms with E-state index in [2.05, 4.69) is 15.9 Å². The molecule has 0 heterocycles. The van der Waals surface area contributed by atoms with E-state index in [0.717, 1.165) is 12.8 Å². The fourth-order valence-corrected chi connectivity index (χ4v) is 4.21. The van der Waals surface area contributed by atoms with Gasteiger partial charge >= 0.3 is 0 Å². The SMILES string of the molecule is CCCCN(CCBr)S(=O)(=O)c1ccccc1Cl. The van der Waals surface area contributed by atoms with Gasteiger partial charge in [0.25, 0.3) is 0 Å². The van der Waals surface area contributed by atoms with Gasteiger partial charge in [-0.2, -0.15) is 4.31 Å². The zero-order chi connectivity index (χ0) is 13.6. The molecule has 0 saturated carbocycles. The predicted octanol–water partition coefficient (Wildman–Crippen LogP) is 3.53. The minimum Gasteiger partial charge on any atom is -0.207 e. The maximum absolute atomic E-state index is 12.5. The summed E-state index contributed by atoms with van der Waals surface area (Å²) in [6, 6.07) is 6.55. The lowest BCUT2D eigenvalue weighted by Gasteiger charge is -2.21. The van der Waals surface area contributed by atoms with Crippen LogP contribution in [0.5, 0.6) is 0 Å². The zero-order valence-corrected chi connectivity index (χ0v) is 13.4. The molecule has 0 unspecified atom stereocenters. The van der Waals surface area contributed by atoms with E-state index in [0.29, 0.717) is 18.4 Å². The molecular formula is C12H17BrClNO2S. The summed E-state index contributed by atoms with van der Waals surface area (Å²) in [7, 11) is -3.49. The molecule has 1 aromatic carbocycles. The molecule has 3 nitrogen and oxygen atoms in total. The standard InChI is InChI=1S/C12H17BrClNO2S/c1-2-3-9-15(10-8-13)18(16,17)12-7-5-4-6-11(12)14/h4-7H,2-3,8-10H2,1H3. The Morgan fingerprint density at radius 3 is 2.50 bits per heavy atom. The van der Waals surface area contributed by atoms with Crippen molar-refractivity contribution in [1.29, 1.82) is 0 Å². The normalized spacial score (nSPS) is 12.0. The van der Waals surface area contributed by atoms with Gasteiger partial charge in [-0.25, -0.2) is 8.42 Å². The molecule has 0 aromatic heterocycles. The van der Waals surface area contributed by atoms with Gasteiger partial charge in [0.2, 0.25) is 10.0 Å². The molecule has 0 fully saturated rings. The van der Waals surface area contributed by atoms with Crippen LogP contribution in [0.1, 0.15) is 19.8 Å². The summed E-state index contributed by atoms with van der Waals surface area (Å²) in [6.07, 6.45) is 1.80. The zero-order valence-electron chi connectivity index (χ0n) is 10.3. The van der Waals surface area contributed by atoms with Crippen LogP contribution in [0.3, 0.4) is 0 Å². The molecule has 18 heavy (non-hydrogen) atoms. The van der Waals surface area contributed by atoms with E-state index in [-0.39, 0.29) is 9.92 Å². The molecule has 0 atom stereocenters. The number of hydrogen-bond acceptors (Lipinski definition) is 2. The van der Waals surface area contributed by atoms with Crippen molar-refractivity contribution >= 4 is 37.6 Å². The number of sulfonamides is 1. The van der Waals surface area contributed by atoms with E-state index in [1.54, 1.807) is 24.3 Å². The summed E-state index contributed by atoms with van der Waals surface area (Å²) in [5.41, 5.74) is 0. The first-order valence-electron chi connectivity index (χ1n) is 5.84. The predicted molar refractivity (Wildman–Crippen MR) is 78.9 cm³/mol. The lowest BCUT2D eigenvalue weighted by molar-refractivity contribution is 0.422. The van der Waals surface area contributed by atoms with Crippen molar-refractivity contribution in [2.24, 2.45) is 0 Å². The summed E-state index contributed by atoms with van der Waals surface area (Å²) in [5, 5.41) is 0.883. The number of rotatable bonds is 7. The molecule has 0 aliphatic carbocycles. The van der Waals surface area contributed by atoms with Gasteiger partial charge in [0.05, 0.1) is 5.02 Å². The van der Waals surface area contributed by atoms with Gasteiger partial charge in [-0.3, -0.25) is 0 Å². The van der Waals surface area contributed by atoms with Crippen LogP contribution in [0.25, 0.3) is 0 Å². The van der Waals surface area contributed by atoms with Gasteiger partial charge in [0.1, 0.15) is 4.90 Å². The van der Waals surface area contributed by atoms with E-state index in [9.17, 15) is 8.42 Å². The first-order valence-corrected chi connectivity index (χ1v) is 8.78. The number of unbranched alkanes of at least 4 members (excludes halogenated alkanes) is 1. The molecule has 0 aliphatic heterocycles. The van der Waals surface area contributed by atoms with E-state index in [1.165, 1.54) is 4.31 Å². The van der Waals surface area contributed by atoms with Crippen molar-refractivity contribution in [3.05, 3.63) is 29.3 Å². The summed E-state index contributed by atoms with van der Waals surface area (Å²) in [6.45, 7) is 3.01. The smallest absolute Gasteiger partial charge is 0.207 e. The van der Waals surface area contributed by atoms with Gasteiger partial charge in [-0.1, -0.05) is 53.0 Å². The Morgan fingerprint density at radius 2 is 1.94 bits per heavy atom. The van der Waals surface area contributed by atoms with Crippen molar-refractivity contribution in [2.45, 2.75) is 24.7 Å². The number of hydrogen-bond donors (Lipinski definition) is 0. The average Bonchev–Trinajstić information content (AvgIpc) is 2.34. The lowest BCUT2D eigenvalue weighted by Crippen LogP contribution is -2.33. The van der Waals surface area contributed by atoms with E-state index >= 15 is 0 Å². The van der Waals surface area contributed by atoms with Crippen LogP contribution in [-0.4, -0.2) is 31.1 Å². The maximum Gasteiger partial charge on any atom is 0.244 e. The fraction of sp³-hybridized carbons (Fsp3) is 0.500. The average molecular weight is 355 g/mol. The molecule has 0 bridgehead atoms. The Kier molecular flexibility index (Phi) is 6.63. The van der Waals surface area contributed by atoms with Crippen LogP contribution in [0.2, 0.25) is 5.02 Å². The Balaban J connectivity index is 3.05. The van der Waals surface area contributed by atoms with E-state index in [1.807, 2.05) is 6.92 Å². The highest BCUT2D eigenvalue weighted by Crippen LogP contribution is 2.24. The molecule has 0 amide bonds. The highest BCUT2D eigenvalue weighted by Gasteiger charge is 2.25. The van der Waals surface area contributed by atoms with Gasteiger partial charge in [-0.05, 0) is 18.6 Å². The molecule has 0 radical (unpaired) electrons. The summed E-state index contributed by atoms with van der Waals surface area (Å²) in [5.74, 6) is 0. The molecule has 102 valence electrons.